The fourth-order valence-electron chi connectivity index (χ4n) is 3.69. The Hall–Kier alpha value is -1.68. The van der Waals surface area contributed by atoms with E-state index in [2.05, 4.69) is 49.3 Å². The van der Waals surface area contributed by atoms with Crippen LogP contribution in [0.2, 0.25) is 5.02 Å². The summed E-state index contributed by atoms with van der Waals surface area (Å²) in [5, 5.41) is 6.87. The highest BCUT2D eigenvalue weighted by Gasteiger charge is 2.42. The molecule has 5 nitrogen and oxygen atoms in total. The summed E-state index contributed by atoms with van der Waals surface area (Å²) in [4.78, 5) is 7.54. The Morgan fingerprint density at radius 2 is 1.91 bits per heavy atom. The topological polar surface area (TPSA) is 51.6 Å². The smallest absolute Gasteiger partial charge is 0.214 e. The van der Waals surface area contributed by atoms with E-state index in [1.165, 1.54) is 24.3 Å². The molecular weight excluding hydrogens is 461 g/mol. The maximum Gasteiger partial charge on any atom is 0.214 e. The number of likely N-dealkylation sites (N-methyl/N-ethyl adjacent to an activating group) is 1. The van der Waals surface area contributed by atoms with Crippen molar-refractivity contribution in [2.45, 2.75) is 50.1 Å². The molecule has 0 unspecified atom stereocenters. The highest BCUT2D eigenvalue weighted by atomic mass is 35.5. The van der Waals surface area contributed by atoms with Crippen molar-refractivity contribution in [2.75, 3.05) is 36.9 Å². The van der Waals surface area contributed by atoms with E-state index >= 15 is 0 Å². The minimum Gasteiger partial charge on any atom is -0.400 e. The lowest BCUT2D eigenvalue weighted by Gasteiger charge is -2.44. The Morgan fingerprint density at radius 3 is 2.50 bits per heavy atom. The minimum absolute atomic E-state index is 0.0395. The van der Waals surface area contributed by atoms with Gasteiger partial charge in [0.1, 0.15) is 21.6 Å². The van der Waals surface area contributed by atoms with Crippen LogP contribution in [0.3, 0.4) is 0 Å². The molecule has 2 aromatic rings. The van der Waals surface area contributed by atoms with Gasteiger partial charge in [0.2, 0.25) is 5.95 Å². The number of aliphatic hydroxyl groups excluding tert-OH is 1. The minimum atomic E-state index is -0.849. The SMILES string of the molecule is CN(C(C)(C)C)[C@@]1(C)CCN(c2cc(F)c(SNc3cccc(F)n3)c(F)c2Cl)C1.CO. The Morgan fingerprint density at radius 1 is 1.25 bits per heavy atom. The summed E-state index contributed by atoms with van der Waals surface area (Å²) in [5.41, 5.74) is 0.153. The summed E-state index contributed by atoms with van der Waals surface area (Å²) in [6.45, 7) is 9.82. The molecule has 1 saturated heterocycles. The predicted molar refractivity (Wildman–Crippen MR) is 126 cm³/mol. The lowest BCUT2D eigenvalue weighted by atomic mass is 9.93. The Bertz CT molecular complexity index is 944. The molecule has 0 radical (unpaired) electrons. The third-order valence-corrected chi connectivity index (χ3v) is 6.93. The fraction of sp³-hybridized carbons (Fsp3) is 0.500. The number of aromatic nitrogens is 1. The van der Waals surface area contributed by atoms with E-state index in [0.717, 1.165) is 13.5 Å². The van der Waals surface area contributed by atoms with Crippen LogP contribution in [0.15, 0.2) is 29.2 Å². The maximum atomic E-state index is 14.9. The summed E-state index contributed by atoms with van der Waals surface area (Å²) < 4.78 is 45.6. The second-order valence-electron chi connectivity index (χ2n) is 8.78. The van der Waals surface area contributed by atoms with Crippen LogP contribution in [0, 0.1) is 17.6 Å². The Labute approximate surface area is 197 Å². The van der Waals surface area contributed by atoms with Gasteiger partial charge >= 0.3 is 0 Å². The maximum absolute atomic E-state index is 14.9. The largest absolute Gasteiger partial charge is 0.400 e. The summed E-state index contributed by atoms with van der Waals surface area (Å²) in [5.74, 6) is -2.12. The molecule has 1 aromatic carbocycles. The molecule has 1 aromatic heterocycles. The second kappa shape index (κ2) is 10.5. The molecule has 0 amide bonds. The lowest BCUT2D eigenvalue weighted by molar-refractivity contribution is 0.0589. The van der Waals surface area contributed by atoms with E-state index in [0.29, 0.717) is 30.7 Å². The van der Waals surface area contributed by atoms with E-state index in [1.807, 2.05) is 4.90 Å². The Kier molecular flexibility index (Phi) is 8.72. The number of aliphatic hydroxyl groups is 1. The van der Waals surface area contributed by atoms with E-state index < -0.39 is 17.6 Å². The van der Waals surface area contributed by atoms with Crippen LogP contribution >= 0.6 is 23.5 Å². The van der Waals surface area contributed by atoms with Crippen molar-refractivity contribution in [2.24, 2.45) is 0 Å². The van der Waals surface area contributed by atoms with Gasteiger partial charge in [0.25, 0.3) is 0 Å². The van der Waals surface area contributed by atoms with Crippen molar-refractivity contribution in [1.29, 1.82) is 0 Å². The van der Waals surface area contributed by atoms with Gasteiger partial charge in [0.15, 0.2) is 5.82 Å². The number of pyridine rings is 1. The molecular formula is C22H30ClF3N4OS. The molecule has 0 bridgehead atoms. The Balaban J connectivity index is 0.00000176. The average molecular weight is 491 g/mol. The van der Waals surface area contributed by atoms with Crippen LogP contribution in [-0.2, 0) is 0 Å². The molecule has 1 aliphatic heterocycles. The van der Waals surface area contributed by atoms with E-state index in [1.54, 1.807) is 0 Å². The zero-order valence-corrected chi connectivity index (χ0v) is 20.7. The standard InChI is InChI=1S/C21H26ClF3N4S.CH4O/c1-20(2,3)28(5)21(4)9-10-29(12-21)14-11-13(23)19(18(25)17(14)22)30-27-16-8-6-7-15(24)26-16;1-2/h6-8,11H,9-10,12H2,1-5H3,(H,26,27);2H,1H3/t21-;/m0./s1. The summed E-state index contributed by atoms with van der Waals surface area (Å²) in [7, 11) is 3.07. The number of benzene rings is 1. The quantitative estimate of drug-likeness (QED) is 0.324. The molecule has 10 heteroatoms. The van der Waals surface area contributed by atoms with Gasteiger partial charge in [0, 0.05) is 37.3 Å². The first-order valence-electron chi connectivity index (χ1n) is 10.1. The van der Waals surface area contributed by atoms with Gasteiger partial charge in [-0.15, -0.1) is 0 Å². The monoisotopic (exact) mass is 490 g/mol. The van der Waals surface area contributed by atoms with Crippen LogP contribution in [-0.4, -0.2) is 53.3 Å². The number of anilines is 2. The molecule has 32 heavy (non-hydrogen) atoms. The van der Waals surface area contributed by atoms with Crippen LogP contribution in [0.4, 0.5) is 24.7 Å². The summed E-state index contributed by atoms with van der Waals surface area (Å²) in [6, 6.07) is 5.40. The third kappa shape index (κ3) is 5.81. The fourth-order valence-corrected chi connectivity index (χ4v) is 4.69. The molecule has 178 valence electrons. The van der Waals surface area contributed by atoms with Gasteiger partial charge in [-0.2, -0.15) is 4.39 Å². The lowest BCUT2D eigenvalue weighted by Crippen LogP contribution is -2.54. The predicted octanol–water partition coefficient (Wildman–Crippen LogP) is 5.58. The highest BCUT2D eigenvalue weighted by molar-refractivity contribution is 8.00. The van der Waals surface area contributed by atoms with Gasteiger partial charge in [-0.1, -0.05) is 17.7 Å². The zero-order valence-electron chi connectivity index (χ0n) is 19.1. The number of nitrogens with one attached hydrogen (secondary N) is 1. The first kappa shape index (κ1) is 26.6. The number of halogens is 4. The third-order valence-electron chi connectivity index (χ3n) is 5.68. The van der Waals surface area contributed by atoms with Gasteiger partial charge < -0.3 is 14.7 Å². The molecule has 0 saturated carbocycles. The molecule has 2 heterocycles. The molecule has 1 fully saturated rings. The molecule has 0 spiro atoms. The summed E-state index contributed by atoms with van der Waals surface area (Å²) in [6.07, 6.45) is 0.851. The number of nitrogens with zero attached hydrogens (tertiary/aromatic N) is 3. The van der Waals surface area contributed by atoms with Crippen molar-refractivity contribution in [3.63, 3.8) is 0 Å². The van der Waals surface area contributed by atoms with Crippen LogP contribution in [0.25, 0.3) is 0 Å². The zero-order chi connectivity index (χ0) is 24.3. The molecule has 1 aliphatic rings. The van der Waals surface area contributed by atoms with Crippen molar-refractivity contribution in [3.8, 4) is 0 Å². The van der Waals surface area contributed by atoms with Crippen LogP contribution in [0.1, 0.15) is 34.1 Å². The van der Waals surface area contributed by atoms with E-state index in [4.69, 9.17) is 16.7 Å². The number of hydrogen-bond donors (Lipinski definition) is 2. The van der Waals surface area contributed by atoms with E-state index in [-0.39, 0.29) is 26.8 Å². The van der Waals surface area contributed by atoms with Gasteiger partial charge in [-0.3, -0.25) is 4.90 Å². The highest BCUT2D eigenvalue weighted by Crippen LogP contribution is 2.41. The number of hydrogen-bond acceptors (Lipinski definition) is 6. The van der Waals surface area contributed by atoms with Crippen molar-refractivity contribution < 1.29 is 18.3 Å². The molecule has 0 aliphatic carbocycles. The average Bonchev–Trinajstić information content (AvgIpc) is 3.14. The van der Waals surface area contributed by atoms with Gasteiger partial charge in [-0.05, 0) is 65.2 Å². The summed E-state index contributed by atoms with van der Waals surface area (Å²) >= 11 is 6.97. The van der Waals surface area contributed by atoms with E-state index in [9.17, 15) is 13.2 Å². The van der Waals surface area contributed by atoms with Crippen LogP contribution < -0.4 is 9.62 Å². The van der Waals surface area contributed by atoms with Gasteiger partial charge in [-0.25, -0.2) is 13.8 Å². The van der Waals surface area contributed by atoms with Crippen molar-refractivity contribution >= 4 is 35.1 Å². The van der Waals surface area contributed by atoms with Crippen molar-refractivity contribution in [3.05, 3.63) is 46.9 Å². The first-order chi connectivity index (χ1) is 14.9. The first-order valence-corrected chi connectivity index (χ1v) is 11.3. The molecule has 2 N–H and O–H groups in total. The second-order valence-corrected chi connectivity index (χ2v) is 9.98. The molecule has 1 atom stereocenters. The normalized spacial score (nSPS) is 18.6. The van der Waals surface area contributed by atoms with Gasteiger partial charge in [0.05, 0.1) is 5.69 Å². The van der Waals surface area contributed by atoms with Crippen LogP contribution in [0.5, 0.6) is 0 Å². The van der Waals surface area contributed by atoms with Crippen molar-refractivity contribution in [1.82, 2.24) is 9.88 Å². The molecule has 3 rings (SSSR count). The number of rotatable bonds is 5.